The Hall–Kier alpha value is -1.70. The molecule has 0 radical (unpaired) electrons. The number of fused-ring (bicyclic) bond motifs is 1. The lowest BCUT2D eigenvalue weighted by molar-refractivity contribution is -0.116. The molecule has 1 amide bonds. The van der Waals surface area contributed by atoms with Crippen LogP contribution in [0.4, 0.5) is 10.1 Å². The molecule has 0 unspecified atom stereocenters. The van der Waals surface area contributed by atoms with Crippen molar-refractivity contribution in [3.63, 3.8) is 0 Å². The van der Waals surface area contributed by atoms with Gasteiger partial charge in [0.15, 0.2) is 0 Å². The molecule has 7 heteroatoms. The number of carbonyl (C=O) groups is 1. The van der Waals surface area contributed by atoms with Gasteiger partial charge in [-0.05, 0) is 38.6 Å². The monoisotopic (exact) mass is 323 g/mol. The number of carbonyl (C=O) groups excluding carboxylic acids is 1. The minimum Gasteiger partial charge on any atom is -0.490 e. The number of hydrogen-bond acceptors (Lipinski definition) is 5. The summed E-state index contributed by atoms with van der Waals surface area (Å²) in [5.74, 6) is -0.141. The van der Waals surface area contributed by atoms with E-state index >= 15 is 0 Å². The highest BCUT2D eigenvalue weighted by Gasteiger charge is 2.39. The fraction of sp³-hybridized carbons (Fsp3) is 0.562. The van der Waals surface area contributed by atoms with Crippen LogP contribution in [-0.4, -0.2) is 49.4 Å². The quantitative estimate of drug-likeness (QED) is 0.645. The fourth-order valence-corrected chi connectivity index (χ4v) is 3.22. The molecule has 1 fully saturated rings. The van der Waals surface area contributed by atoms with E-state index in [-0.39, 0.29) is 24.2 Å². The number of likely N-dealkylation sites (N-methyl/N-ethyl adjacent to an activating group) is 1. The maximum Gasteiger partial charge on any atom is 0.224 e. The average molecular weight is 323 g/mol. The van der Waals surface area contributed by atoms with E-state index in [4.69, 9.17) is 4.74 Å². The van der Waals surface area contributed by atoms with Crippen LogP contribution in [0, 0.1) is 5.82 Å². The van der Waals surface area contributed by atoms with E-state index in [1.54, 1.807) is 13.1 Å². The molecular formula is C16H22FN3O3. The van der Waals surface area contributed by atoms with Crippen molar-refractivity contribution < 1.29 is 19.0 Å². The lowest BCUT2D eigenvalue weighted by Crippen LogP contribution is -2.62. The molecule has 1 saturated heterocycles. The van der Waals surface area contributed by atoms with Gasteiger partial charge in [-0.1, -0.05) is 0 Å². The lowest BCUT2D eigenvalue weighted by atomic mass is 9.88. The highest BCUT2D eigenvalue weighted by molar-refractivity contribution is 5.94. The Labute approximate surface area is 134 Å². The zero-order valence-electron chi connectivity index (χ0n) is 13.1. The third-order valence-corrected chi connectivity index (χ3v) is 4.64. The number of halogens is 1. The Morgan fingerprint density at radius 1 is 1.48 bits per heavy atom. The second-order valence-corrected chi connectivity index (χ2v) is 6.13. The van der Waals surface area contributed by atoms with Crippen molar-refractivity contribution in [3.05, 3.63) is 23.5 Å². The van der Waals surface area contributed by atoms with Gasteiger partial charge in [0.1, 0.15) is 23.8 Å². The van der Waals surface area contributed by atoms with Crippen molar-refractivity contribution in [2.75, 3.05) is 32.1 Å². The first kappa shape index (κ1) is 16.2. The summed E-state index contributed by atoms with van der Waals surface area (Å²) in [4.78, 5) is 11.5. The van der Waals surface area contributed by atoms with Gasteiger partial charge in [0.05, 0.1) is 11.7 Å². The maximum absolute atomic E-state index is 13.9. The Kier molecular flexibility index (Phi) is 4.52. The molecule has 2 aliphatic heterocycles. The molecule has 23 heavy (non-hydrogen) atoms. The molecule has 0 bridgehead atoms. The van der Waals surface area contributed by atoms with Crippen LogP contribution in [0.15, 0.2) is 12.1 Å². The summed E-state index contributed by atoms with van der Waals surface area (Å²) in [6.07, 6.45) is 1.31. The van der Waals surface area contributed by atoms with E-state index in [9.17, 15) is 14.3 Å². The number of rotatable bonds is 4. The van der Waals surface area contributed by atoms with E-state index in [1.807, 2.05) is 0 Å². The van der Waals surface area contributed by atoms with Crippen molar-refractivity contribution in [2.24, 2.45) is 0 Å². The molecule has 0 aromatic heterocycles. The molecule has 2 atom stereocenters. The van der Waals surface area contributed by atoms with Gasteiger partial charge in [-0.3, -0.25) is 4.79 Å². The third-order valence-electron chi connectivity index (χ3n) is 4.64. The van der Waals surface area contributed by atoms with Gasteiger partial charge in [0.25, 0.3) is 0 Å². The van der Waals surface area contributed by atoms with E-state index in [1.165, 1.54) is 6.07 Å². The van der Waals surface area contributed by atoms with Crippen LogP contribution in [0.1, 0.15) is 18.4 Å². The van der Waals surface area contributed by atoms with Crippen LogP contribution >= 0.6 is 0 Å². The Balaban J connectivity index is 1.78. The van der Waals surface area contributed by atoms with Crippen LogP contribution < -0.4 is 20.7 Å². The van der Waals surface area contributed by atoms with Crippen LogP contribution in [0.5, 0.6) is 5.75 Å². The summed E-state index contributed by atoms with van der Waals surface area (Å²) in [6.45, 7) is 1.50. The van der Waals surface area contributed by atoms with Gasteiger partial charge in [-0.15, -0.1) is 0 Å². The van der Waals surface area contributed by atoms with Gasteiger partial charge in [0, 0.05) is 18.5 Å². The number of amides is 1. The number of piperidine rings is 1. The molecule has 0 saturated carbocycles. The SMILES string of the molecule is CN[C@@H]1CNCC[C@]1(O)COc1ccc(F)c2c1CCC(=O)N2. The second kappa shape index (κ2) is 6.43. The molecule has 6 nitrogen and oxygen atoms in total. The summed E-state index contributed by atoms with van der Waals surface area (Å²) in [5, 5.41) is 19.7. The first-order valence-electron chi connectivity index (χ1n) is 7.88. The summed E-state index contributed by atoms with van der Waals surface area (Å²) in [5.41, 5.74) is -0.136. The van der Waals surface area contributed by atoms with Gasteiger partial charge in [-0.25, -0.2) is 4.39 Å². The Morgan fingerprint density at radius 2 is 2.30 bits per heavy atom. The number of benzene rings is 1. The highest BCUT2D eigenvalue weighted by atomic mass is 19.1. The standard InChI is InChI=1S/C16H22FN3O3/c1-18-13-8-19-7-6-16(13,22)9-23-12-4-3-11(17)15-10(12)2-5-14(21)20-15/h3-4,13,18-19,22H,2,5-9H2,1H3,(H,20,21)/t13-,16+/m1/s1. The average Bonchev–Trinajstić information content (AvgIpc) is 2.55. The zero-order valence-corrected chi connectivity index (χ0v) is 13.1. The molecule has 0 spiro atoms. The Bertz CT molecular complexity index is 610. The first-order chi connectivity index (χ1) is 11.0. The third kappa shape index (κ3) is 3.17. The molecule has 1 aromatic rings. The van der Waals surface area contributed by atoms with Gasteiger partial charge in [-0.2, -0.15) is 0 Å². The summed E-state index contributed by atoms with van der Waals surface area (Å²) < 4.78 is 19.7. The van der Waals surface area contributed by atoms with Crippen molar-refractivity contribution in [2.45, 2.75) is 30.9 Å². The highest BCUT2D eigenvalue weighted by Crippen LogP contribution is 2.34. The molecule has 4 N–H and O–H groups in total. The van der Waals surface area contributed by atoms with Crippen LogP contribution in [0.2, 0.25) is 0 Å². The normalized spacial score (nSPS) is 27.3. The number of hydrogen-bond donors (Lipinski definition) is 4. The number of aliphatic hydroxyl groups is 1. The zero-order chi connectivity index (χ0) is 16.4. The van der Waals surface area contributed by atoms with Crippen molar-refractivity contribution in [1.82, 2.24) is 10.6 Å². The molecular weight excluding hydrogens is 301 g/mol. The van der Waals surface area contributed by atoms with Crippen LogP contribution in [0.25, 0.3) is 0 Å². The van der Waals surface area contributed by atoms with E-state index < -0.39 is 11.4 Å². The minimum absolute atomic E-state index is 0.117. The lowest BCUT2D eigenvalue weighted by Gasteiger charge is -2.40. The van der Waals surface area contributed by atoms with E-state index in [2.05, 4.69) is 16.0 Å². The molecule has 3 rings (SSSR count). The predicted octanol–water partition coefficient (Wildman–Crippen LogP) is 0.402. The molecule has 126 valence electrons. The van der Waals surface area contributed by atoms with Gasteiger partial charge < -0.3 is 25.8 Å². The molecule has 2 heterocycles. The van der Waals surface area contributed by atoms with Crippen molar-refractivity contribution in [3.8, 4) is 5.75 Å². The smallest absolute Gasteiger partial charge is 0.224 e. The first-order valence-corrected chi connectivity index (χ1v) is 7.88. The Morgan fingerprint density at radius 3 is 3.09 bits per heavy atom. The maximum atomic E-state index is 13.9. The van der Waals surface area contributed by atoms with Crippen LogP contribution in [0.3, 0.4) is 0 Å². The molecule has 2 aliphatic rings. The number of nitrogens with one attached hydrogen (secondary N) is 3. The van der Waals surface area contributed by atoms with Gasteiger partial charge in [0.2, 0.25) is 5.91 Å². The largest absolute Gasteiger partial charge is 0.490 e. The van der Waals surface area contributed by atoms with Crippen molar-refractivity contribution in [1.29, 1.82) is 0 Å². The number of anilines is 1. The summed E-state index contributed by atoms with van der Waals surface area (Å²) in [6, 6.07) is 2.72. The fourth-order valence-electron chi connectivity index (χ4n) is 3.22. The predicted molar refractivity (Wildman–Crippen MR) is 84.1 cm³/mol. The van der Waals surface area contributed by atoms with Crippen LogP contribution in [-0.2, 0) is 11.2 Å². The molecule has 1 aromatic carbocycles. The minimum atomic E-state index is -0.987. The summed E-state index contributed by atoms with van der Waals surface area (Å²) in [7, 11) is 1.80. The van der Waals surface area contributed by atoms with E-state index in [0.717, 1.165) is 6.54 Å². The topological polar surface area (TPSA) is 82.6 Å². The van der Waals surface area contributed by atoms with Crippen molar-refractivity contribution >= 4 is 11.6 Å². The van der Waals surface area contributed by atoms with Gasteiger partial charge >= 0.3 is 0 Å². The number of ether oxygens (including phenoxy) is 1. The summed E-state index contributed by atoms with van der Waals surface area (Å²) >= 11 is 0. The second-order valence-electron chi connectivity index (χ2n) is 6.13. The van der Waals surface area contributed by atoms with E-state index in [0.29, 0.717) is 37.1 Å². The molecule has 0 aliphatic carbocycles.